The molecule has 1 amide bonds. The van der Waals surface area contributed by atoms with E-state index in [0.29, 0.717) is 26.0 Å². The van der Waals surface area contributed by atoms with Crippen LogP contribution in [0, 0.1) is 23.7 Å². The van der Waals surface area contributed by atoms with Crippen molar-refractivity contribution in [2.45, 2.75) is 87.0 Å². The number of hydrogen-bond donors (Lipinski definition) is 2. The van der Waals surface area contributed by atoms with Crippen LogP contribution in [0.25, 0.3) is 10.8 Å². The number of hydrogen-bond acceptors (Lipinski definition) is 9. The lowest BCUT2D eigenvalue weighted by atomic mass is 9.55. The maximum Gasteiger partial charge on any atom is 0.239 e. The lowest BCUT2D eigenvalue weighted by molar-refractivity contribution is -0.258. The summed E-state index contributed by atoms with van der Waals surface area (Å²) in [6.45, 7) is 5.49. The number of ether oxygens (including phenoxy) is 3. The van der Waals surface area contributed by atoms with Crippen molar-refractivity contribution in [1.82, 2.24) is 4.90 Å². The summed E-state index contributed by atoms with van der Waals surface area (Å²) in [6.07, 6.45) is 11.1. The van der Waals surface area contributed by atoms with Gasteiger partial charge < -0.3 is 34.2 Å². The van der Waals surface area contributed by atoms with Gasteiger partial charge >= 0.3 is 0 Å². The fourth-order valence-electron chi connectivity index (χ4n) is 10.2. The molecule has 61 heavy (non-hydrogen) atoms. The van der Waals surface area contributed by atoms with Gasteiger partial charge in [-0.15, -0.1) is 18.3 Å². The van der Waals surface area contributed by atoms with Gasteiger partial charge in [-0.2, -0.15) is 0 Å². The molecule has 4 aliphatic rings. The van der Waals surface area contributed by atoms with Crippen molar-refractivity contribution < 1.29 is 34.1 Å². The fourth-order valence-corrected chi connectivity index (χ4v) is 11.0. The minimum atomic E-state index is -1.31. The first-order valence-electron chi connectivity index (χ1n) is 22.2. The van der Waals surface area contributed by atoms with E-state index in [-0.39, 0.29) is 55.3 Å². The van der Waals surface area contributed by atoms with Gasteiger partial charge in [-0.25, -0.2) is 0 Å². The summed E-state index contributed by atoms with van der Waals surface area (Å²) in [7, 11) is 1.59. The second-order valence-corrected chi connectivity index (χ2v) is 18.0. The van der Waals surface area contributed by atoms with Gasteiger partial charge in [0.05, 0.1) is 24.8 Å². The SMILES string of the molecule is C=CCOC12Oc3ccc(OCCSc4ccccc4)cc3C3C(CCCCO)C(CCCCO)C=C(C(=NOC)CC1N(Cc1cccc4ccccc14)C(=O)C1CC1)C32. The molecule has 0 bridgehead atoms. The van der Waals surface area contributed by atoms with Gasteiger partial charge in [-0.05, 0) is 103 Å². The Morgan fingerprint density at radius 1 is 0.967 bits per heavy atom. The van der Waals surface area contributed by atoms with Crippen LogP contribution in [0.3, 0.4) is 0 Å². The highest BCUT2D eigenvalue weighted by atomic mass is 32.2. The van der Waals surface area contributed by atoms with E-state index in [2.05, 4.69) is 79.4 Å². The molecule has 2 saturated carbocycles. The molecule has 1 heterocycles. The Labute approximate surface area is 364 Å². The van der Waals surface area contributed by atoms with E-state index in [1.54, 1.807) is 24.9 Å². The van der Waals surface area contributed by atoms with E-state index in [1.165, 1.54) is 4.90 Å². The van der Waals surface area contributed by atoms with Crippen molar-refractivity contribution in [3.05, 3.63) is 126 Å². The Balaban J connectivity index is 1.27. The molecule has 3 aliphatic carbocycles. The van der Waals surface area contributed by atoms with Crippen molar-refractivity contribution in [2.75, 3.05) is 39.3 Å². The number of thioether (sulfide) groups is 1. The normalized spacial score (nSPS) is 24.6. The zero-order valence-electron chi connectivity index (χ0n) is 35.3. The summed E-state index contributed by atoms with van der Waals surface area (Å²) < 4.78 is 21.2. The Hall–Kier alpha value is -4.61. The largest absolute Gasteiger partial charge is 0.493 e. The summed E-state index contributed by atoms with van der Waals surface area (Å²) in [6, 6.07) is 30.6. The molecule has 2 N–H and O–H groups in total. The van der Waals surface area contributed by atoms with Crippen LogP contribution in [0.15, 0.2) is 125 Å². The van der Waals surface area contributed by atoms with Crippen molar-refractivity contribution in [1.29, 1.82) is 0 Å². The standard InChI is InChI=1S/C51H60N2O7S/c1-3-28-59-51-47(53(50(56)36-22-23-36)34-38-17-13-16-35-14-7-8-20-41(35)38)33-45(52-57-2)43-31-37(15-9-11-26-54)42(21-10-12-27-55)48(49(43)51)44-32-39(24-25-46(44)60-51)58-29-30-61-40-18-5-4-6-19-40/h3-8,13-14,16-20,24-25,31-32,36-37,42,47-49,54-55H,1,9-12,15,21-23,26-30,33-34H2,2H3. The number of amides is 1. The van der Waals surface area contributed by atoms with Gasteiger partial charge in [0, 0.05) is 54.2 Å². The molecule has 0 radical (unpaired) electrons. The minimum absolute atomic E-state index is 0.0638. The van der Waals surface area contributed by atoms with E-state index < -0.39 is 11.8 Å². The lowest BCUT2D eigenvalue weighted by Crippen LogP contribution is -2.70. The van der Waals surface area contributed by atoms with E-state index in [1.807, 2.05) is 29.2 Å². The average Bonchev–Trinajstić information content (AvgIpc) is 4.14. The second kappa shape index (κ2) is 20.1. The summed E-state index contributed by atoms with van der Waals surface area (Å²) >= 11 is 1.77. The molecule has 0 aromatic heterocycles. The number of allylic oxidation sites excluding steroid dienone is 1. The third-order valence-electron chi connectivity index (χ3n) is 13.0. The second-order valence-electron chi connectivity index (χ2n) is 16.8. The maximum atomic E-state index is 14.9. The molecule has 9 nitrogen and oxygen atoms in total. The molecule has 2 fully saturated rings. The first-order valence-corrected chi connectivity index (χ1v) is 23.2. The monoisotopic (exact) mass is 844 g/mol. The predicted octanol–water partition coefficient (Wildman–Crippen LogP) is 9.71. The first-order chi connectivity index (χ1) is 30.0. The van der Waals surface area contributed by atoms with E-state index >= 15 is 0 Å². The van der Waals surface area contributed by atoms with Gasteiger partial charge in [-0.3, -0.25) is 4.79 Å². The van der Waals surface area contributed by atoms with Crippen molar-refractivity contribution in [2.24, 2.45) is 28.8 Å². The Bertz CT molecular complexity index is 2180. The maximum absolute atomic E-state index is 14.9. The fraction of sp³-hybridized carbons (Fsp3) is 0.451. The molecular weight excluding hydrogens is 785 g/mol. The number of fused-ring (bicyclic) bond motifs is 3. The molecule has 6 unspecified atom stereocenters. The van der Waals surface area contributed by atoms with Crippen molar-refractivity contribution in [3.63, 3.8) is 0 Å². The predicted molar refractivity (Wildman–Crippen MR) is 242 cm³/mol. The lowest BCUT2D eigenvalue weighted by Gasteiger charge is -2.60. The molecule has 0 saturated heterocycles. The number of unbranched alkanes of at least 4 members (excludes halogenated alkanes) is 2. The number of nitrogens with zero attached hydrogens (tertiary/aromatic N) is 2. The number of oxime groups is 1. The van der Waals surface area contributed by atoms with Gasteiger partial charge in [0.25, 0.3) is 0 Å². The molecule has 0 spiro atoms. The molecule has 4 aromatic rings. The van der Waals surface area contributed by atoms with Crippen LogP contribution in [0.4, 0.5) is 0 Å². The smallest absolute Gasteiger partial charge is 0.239 e. The van der Waals surface area contributed by atoms with Crippen LogP contribution in [-0.2, 0) is 20.9 Å². The van der Waals surface area contributed by atoms with Crippen LogP contribution in [0.1, 0.15) is 74.8 Å². The number of carbonyl (C=O) groups is 1. The van der Waals surface area contributed by atoms with Crippen LogP contribution in [0.2, 0.25) is 0 Å². The molecular formula is C51H60N2O7S. The number of aliphatic hydroxyl groups is 2. The Morgan fingerprint density at radius 3 is 2.51 bits per heavy atom. The van der Waals surface area contributed by atoms with Gasteiger partial charge in [0.15, 0.2) is 0 Å². The molecule has 10 heteroatoms. The summed E-state index contributed by atoms with van der Waals surface area (Å²) in [4.78, 5) is 23.9. The topological polar surface area (TPSA) is 110 Å². The highest BCUT2D eigenvalue weighted by Gasteiger charge is 2.66. The molecule has 1 aliphatic heterocycles. The number of carbonyl (C=O) groups excluding carboxylic acids is 1. The third kappa shape index (κ3) is 9.29. The summed E-state index contributed by atoms with van der Waals surface area (Å²) in [5, 5.41) is 26.9. The molecule has 6 atom stereocenters. The average molecular weight is 845 g/mol. The van der Waals surface area contributed by atoms with Crippen LogP contribution in [0.5, 0.6) is 11.5 Å². The zero-order chi connectivity index (χ0) is 42.2. The Kier molecular flexibility index (Phi) is 14.2. The summed E-state index contributed by atoms with van der Waals surface area (Å²) in [5.41, 5.74) is 3.94. The van der Waals surface area contributed by atoms with Crippen LogP contribution in [-0.4, -0.2) is 77.9 Å². The third-order valence-corrected chi connectivity index (χ3v) is 14.0. The van der Waals surface area contributed by atoms with Crippen molar-refractivity contribution in [3.8, 4) is 11.5 Å². The van der Waals surface area contributed by atoms with Gasteiger partial charge in [0.2, 0.25) is 11.7 Å². The number of benzene rings is 4. The number of rotatable bonds is 21. The Morgan fingerprint density at radius 2 is 1.74 bits per heavy atom. The van der Waals surface area contributed by atoms with Gasteiger partial charge in [0.1, 0.15) is 24.7 Å². The highest BCUT2D eigenvalue weighted by molar-refractivity contribution is 7.99. The molecule has 8 rings (SSSR count). The van der Waals surface area contributed by atoms with Crippen molar-refractivity contribution >= 4 is 34.2 Å². The van der Waals surface area contributed by atoms with Crippen LogP contribution < -0.4 is 9.47 Å². The number of aliphatic hydroxyl groups excluding tert-OH is 2. The van der Waals surface area contributed by atoms with E-state index in [9.17, 15) is 15.0 Å². The van der Waals surface area contributed by atoms with E-state index in [0.717, 1.165) is 95.4 Å². The van der Waals surface area contributed by atoms with Crippen LogP contribution >= 0.6 is 11.8 Å². The first kappa shape index (κ1) is 43.1. The van der Waals surface area contributed by atoms with E-state index in [4.69, 9.17) is 24.2 Å². The molecule has 322 valence electrons. The van der Waals surface area contributed by atoms with Gasteiger partial charge in [-0.1, -0.05) is 90.8 Å². The minimum Gasteiger partial charge on any atom is -0.493 e. The highest BCUT2D eigenvalue weighted by Crippen LogP contribution is 2.62. The quantitative estimate of drug-likeness (QED) is 0.0370. The molecule has 4 aromatic carbocycles. The summed E-state index contributed by atoms with van der Waals surface area (Å²) in [5.74, 6) is 0.819. The zero-order valence-corrected chi connectivity index (χ0v) is 36.1.